The predicted octanol–water partition coefficient (Wildman–Crippen LogP) is 1.13. The highest BCUT2D eigenvalue weighted by Crippen LogP contribution is 2.18. The van der Waals surface area contributed by atoms with Gasteiger partial charge in [0.15, 0.2) is 0 Å². The molecule has 0 aliphatic rings. The lowest BCUT2D eigenvalue weighted by Crippen LogP contribution is -2.27. The first-order chi connectivity index (χ1) is 9.63. The zero-order valence-electron chi connectivity index (χ0n) is 11.0. The molecule has 0 saturated carbocycles. The van der Waals surface area contributed by atoms with Gasteiger partial charge in [0.2, 0.25) is 10.0 Å². The van der Waals surface area contributed by atoms with Gasteiger partial charge in [0.25, 0.3) is 0 Å². The normalized spacial score (nSPS) is 11.8. The molecule has 2 aromatic rings. The zero-order chi connectivity index (χ0) is 14.4. The average Bonchev–Trinajstić information content (AvgIpc) is 2.46. The molecule has 0 heterocycles. The van der Waals surface area contributed by atoms with Gasteiger partial charge in [-0.2, -0.15) is 0 Å². The summed E-state index contributed by atoms with van der Waals surface area (Å²) >= 11 is 0. The smallest absolute Gasteiger partial charge is 0.240 e. The summed E-state index contributed by atoms with van der Waals surface area (Å²) in [5.74, 6) is 0. The highest BCUT2D eigenvalue weighted by molar-refractivity contribution is 7.89. The molecule has 0 bridgehead atoms. The third kappa shape index (κ3) is 3.77. The van der Waals surface area contributed by atoms with E-state index in [1.807, 2.05) is 24.3 Å². The lowest BCUT2D eigenvalue weighted by molar-refractivity contribution is 0.0961. The van der Waals surface area contributed by atoms with E-state index in [9.17, 15) is 8.42 Å². The van der Waals surface area contributed by atoms with Crippen molar-refractivity contribution in [1.29, 1.82) is 0 Å². The third-order valence-corrected chi connectivity index (χ3v) is 4.26. The summed E-state index contributed by atoms with van der Waals surface area (Å²) < 4.78 is 31.7. The summed E-state index contributed by atoms with van der Waals surface area (Å²) in [4.78, 5) is 0.235. The van der Waals surface area contributed by atoms with Crippen LogP contribution in [0.2, 0.25) is 0 Å². The Morgan fingerprint density at radius 1 is 1.05 bits per heavy atom. The van der Waals surface area contributed by atoms with E-state index < -0.39 is 10.0 Å². The number of nitrogens with one attached hydrogen (secondary N) is 1. The lowest BCUT2D eigenvalue weighted by Gasteiger charge is -2.08. The van der Waals surface area contributed by atoms with Crippen LogP contribution in [0.15, 0.2) is 47.4 Å². The molecule has 20 heavy (non-hydrogen) atoms. The summed E-state index contributed by atoms with van der Waals surface area (Å²) in [5.41, 5.74) is 0. The first-order valence-electron chi connectivity index (χ1n) is 6.30. The first-order valence-corrected chi connectivity index (χ1v) is 7.79. The van der Waals surface area contributed by atoms with Gasteiger partial charge in [-0.1, -0.05) is 30.3 Å². The summed E-state index contributed by atoms with van der Waals surface area (Å²) in [6.07, 6.45) is 0. The second kappa shape index (κ2) is 6.81. The van der Waals surface area contributed by atoms with Crippen molar-refractivity contribution in [3.05, 3.63) is 42.5 Å². The van der Waals surface area contributed by atoms with Crippen molar-refractivity contribution in [1.82, 2.24) is 4.72 Å². The fourth-order valence-corrected chi connectivity index (χ4v) is 2.88. The molecule has 0 aromatic heterocycles. The van der Waals surface area contributed by atoms with Crippen LogP contribution in [0.4, 0.5) is 0 Å². The molecule has 0 aliphatic carbocycles. The van der Waals surface area contributed by atoms with Gasteiger partial charge >= 0.3 is 0 Å². The molecule has 6 heteroatoms. The van der Waals surface area contributed by atoms with E-state index in [1.165, 1.54) is 0 Å². The molecule has 2 rings (SSSR count). The van der Waals surface area contributed by atoms with Crippen LogP contribution >= 0.6 is 0 Å². The second-order valence-electron chi connectivity index (χ2n) is 4.24. The van der Waals surface area contributed by atoms with Crippen LogP contribution in [-0.4, -0.2) is 39.9 Å². The molecular weight excluding hydrogens is 278 g/mol. The minimum Gasteiger partial charge on any atom is -0.394 e. The van der Waals surface area contributed by atoms with Gasteiger partial charge in [0, 0.05) is 6.54 Å². The van der Waals surface area contributed by atoms with Crippen LogP contribution in [0, 0.1) is 0 Å². The molecule has 5 nitrogen and oxygen atoms in total. The van der Waals surface area contributed by atoms with Crippen molar-refractivity contribution in [2.45, 2.75) is 4.90 Å². The maximum Gasteiger partial charge on any atom is 0.240 e. The van der Waals surface area contributed by atoms with Crippen molar-refractivity contribution >= 4 is 20.8 Å². The van der Waals surface area contributed by atoms with Crippen LogP contribution in [0.25, 0.3) is 10.8 Å². The van der Waals surface area contributed by atoms with Crippen LogP contribution in [0.5, 0.6) is 0 Å². The van der Waals surface area contributed by atoms with Crippen molar-refractivity contribution in [2.75, 3.05) is 26.4 Å². The molecule has 0 saturated heterocycles. The van der Waals surface area contributed by atoms with Crippen LogP contribution < -0.4 is 4.72 Å². The van der Waals surface area contributed by atoms with Crippen molar-refractivity contribution in [2.24, 2.45) is 0 Å². The fourth-order valence-electron chi connectivity index (χ4n) is 1.83. The topological polar surface area (TPSA) is 75.6 Å². The van der Waals surface area contributed by atoms with Gasteiger partial charge in [-0.25, -0.2) is 13.1 Å². The van der Waals surface area contributed by atoms with E-state index in [2.05, 4.69) is 4.72 Å². The molecule has 0 amide bonds. The molecule has 0 aliphatic heterocycles. The molecule has 0 spiro atoms. The van der Waals surface area contributed by atoms with Gasteiger partial charge < -0.3 is 9.84 Å². The first kappa shape index (κ1) is 14.9. The fraction of sp³-hybridized carbons (Fsp3) is 0.286. The number of hydrogen-bond acceptors (Lipinski definition) is 4. The Morgan fingerprint density at radius 3 is 2.55 bits per heavy atom. The standard InChI is InChI=1S/C14H17NO4S/c16-8-10-19-9-7-15-20(17,18)14-6-5-12-3-1-2-4-13(12)11-14/h1-6,11,15-16H,7-10H2. The maximum atomic E-state index is 12.1. The Bertz CT molecular complexity index is 670. The summed E-state index contributed by atoms with van der Waals surface area (Å²) in [6, 6.07) is 12.6. The number of rotatable bonds is 7. The number of aliphatic hydroxyl groups is 1. The number of hydrogen-bond donors (Lipinski definition) is 2. The Morgan fingerprint density at radius 2 is 1.80 bits per heavy atom. The van der Waals surface area contributed by atoms with Crippen molar-refractivity contribution in [3.8, 4) is 0 Å². The Labute approximate surface area is 118 Å². The number of fused-ring (bicyclic) bond motifs is 1. The molecule has 2 aromatic carbocycles. The van der Waals surface area contributed by atoms with Gasteiger partial charge in [-0.3, -0.25) is 0 Å². The molecule has 2 N–H and O–H groups in total. The van der Waals surface area contributed by atoms with E-state index >= 15 is 0 Å². The number of ether oxygens (including phenoxy) is 1. The highest BCUT2D eigenvalue weighted by Gasteiger charge is 2.13. The minimum atomic E-state index is -3.53. The van der Waals surface area contributed by atoms with Gasteiger partial charge in [-0.15, -0.1) is 0 Å². The highest BCUT2D eigenvalue weighted by atomic mass is 32.2. The van der Waals surface area contributed by atoms with Crippen LogP contribution in [-0.2, 0) is 14.8 Å². The Balaban J connectivity index is 2.07. The number of sulfonamides is 1. The van der Waals surface area contributed by atoms with Crippen molar-refractivity contribution < 1.29 is 18.3 Å². The summed E-state index contributed by atoms with van der Waals surface area (Å²) in [7, 11) is -3.53. The molecule has 0 atom stereocenters. The molecular formula is C14H17NO4S. The van der Waals surface area contributed by atoms with Gasteiger partial charge in [0.1, 0.15) is 0 Å². The maximum absolute atomic E-state index is 12.1. The predicted molar refractivity (Wildman–Crippen MR) is 77.0 cm³/mol. The zero-order valence-corrected chi connectivity index (χ0v) is 11.8. The van der Waals surface area contributed by atoms with Gasteiger partial charge in [0.05, 0.1) is 24.7 Å². The quantitative estimate of drug-likeness (QED) is 0.751. The van der Waals surface area contributed by atoms with Crippen LogP contribution in [0.3, 0.4) is 0 Å². The second-order valence-corrected chi connectivity index (χ2v) is 6.01. The molecule has 0 unspecified atom stereocenters. The van der Waals surface area contributed by atoms with E-state index in [4.69, 9.17) is 9.84 Å². The molecule has 0 fully saturated rings. The number of benzene rings is 2. The molecule has 0 radical (unpaired) electrons. The van der Waals surface area contributed by atoms with Gasteiger partial charge in [-0.05, 0) is 22.9 Å². The Hall–Kier alpha value is -1.47. The van der Waals surface area contributed by atoms with Crippen LogP contribution in [0.1, 0.15) is 0 Å². The number of aliphatic hydroxyl groups excluding tert-OH is 1. The lowest BCUT2D eigenvalue weighted by atomic mass is 10.1. The van der Waals surface area contributed by atoms with E-state index in [-0.39, 0.29) is 31.3 Å². The largest absolute Gasteiger partial charge is 0.394 e. The average molecular weight is 295 g/mol. The molecule has 108 valence electrons. The van der Waals surface area contributed by atoms with E-state index in [0.29, 0.717) is 0 Å². The Kier molecular flexibility index (Phi) is 5.08. The minimum absolute atomic E-state index is 0.0720. The summed E-state index contributed by atoms with van der Waals surface area (Å²) in [5, 5.41) is 10.4. The third-order valence-electron chi connectivity index (χ3n) is 2.81. The van der Waals surface area contributed by atoms with Crippen molar-refractivity contribution in [3.63, 3.8) is 0 Å². The van der Waals surface area contributed by atoms with E-state index in [1.54, 1.807) is 18.2 Å². The monoisotopic (exact) mass is 295 g/mol. The summed E-state index contributed by atoms with van der Waals surface area (Å²) in [6.45, 7) is 0.539. The van der Waals surface area contributed by atoms with E-state index in [0.717, 1.165) is 10.8 Å². The SMILES string of the molecule is O=S(=O)(NCCOCCO)c1ccc2ccccc2c1.